The summed E-state index contributed by atoms with van der Waals surface area (Å²) in [6.45, 7) is 9.94. The van der Waals surface area contributed by atoms with Crippen molar-refractivity contribution in [3.05, 3.63) is 104 Å². The zero-order valence-electron chi connectivity index (χ0n) is 29.8. The second kappa shape index (κ2) is 16.3. The van der Waals surface area contributed by atoms with Crippen molar-refractivity contribution in [3.8, 4) is 0 Å². The largest absolute Gasteiger partial charge is 0.455 e. The maximum atomic E-state index is 15.0. The molecular weight excluding hydrogens is 658 g/mol. The molecule has 3 saturated heterocycles. The van der Waals surface area contributed by atoms with E-state index in [9.17, 15) is 24.3 Å². The summed E-state index contributed by atoms with van der Waals surface area (Å²) in [6.07, 6.45) is 5.45. The lowest BCUT2D eigenvalue weighted by molar-refractivity contribution is -0.162. The zero-order valence-corrected chi connectivity index (χ0v) is 29.8. The number of rotatable bonds is 17. The maximum absolute atomic E-state index is 15.0. The molecule has 6 rings (SSSR count). The van der Waals surface area contributed by atoms with Crippen LogP contribution in [0.4, 0.5) is 5.69 Å². The standard InChI is InChI=1S/C42H49N3O7/c1-4-6-19-34(47)43-28(3)37(30-16-9-7-10-17-30)51-41(50)35-33-22-23-42(52-33)36(35)39(48)45(25-13-8-14-26-46)38(42)40(49)44(24-5-2)32-21-20-29-15-11-12-18-31(29)27-32/h4-5,7,9-12,15-18,20-21,27-28,33,35-38,46H,1-2,6,8,13-14,19,22-26H2,3H3,(H,43,47)/t28-,33-,35+,36+,37-,38-,42+/m0/s1. The monoisotopic (exact) mass is 707 g/mol. The van der Waals surface area contributed by atoms with Crippen LogP contribution in [0, 0.1) is 11.8 Å². The molecule has 10 heteroatoms. The van der Waals surface area contributed by atoms with Gasteiger partial charge in [0.2, 0.25) is 11.8 Å². The highest BCUT2D eigenvalue weighted by Crippen LogP contribution is 2.59. The van der Waals surface area contributed by atoms with Crippen LogP contribution < -0.4 is 10.2 Å². The van der Waals surface area contributed by atoms with Gasteiger partial charge in [0.1, 0.15) is 17.7 Å². The second-order valence-corrected chi connectivity index (χ2v) is 14.1. The molecule has 7 atom stereocenters. The summed E-state index contributed by atoms with van der Waals surface area (Å²) in [5.41, 5.74) is 0.162. The summed E-state index contributed by atoms with van der Waals surface area (Å²) in [5, 5.41) is 14.4. The molecule has 10 nitrogen and oxygen atoms in total. The molecule has 3 fully saturated rings. The van der Waals surface area contributed by atoms with E-state index in [0.717, 1.165) is 10.8 Å². The van der Waals surface area contributed by atoms with Crippen LogP contribution >= 0.6 is 0 Å². The van der Waals surface area contributed by atoms with Crippen LogP contribution in [0.1, 0.15) is 63.5 Å². The summed E-state index contributed by atoms with van der Waals surface area (Å²) in [7, 11) is 0. The fourth-order valence-corrected chi connectivity index (χ4v) is 8.40. The number of esters is 1. The number of unbranched alkanes of at least 4 members (excludes halogenated alkanes) is 2. The van der Waals surface area contributed by atoms with Gasteiger partial charge in [0.05, 0.1) is 24.0 Å². The van der Waals surface area contributed by atoms with Gasteiger partial charge in [0, 0.05) is 31.8 Å². The molecule has 0 radical (unpaired) electrons. The molecule has 0 aromatic heterocycles. The number of benzene rings is 3. The molecular formula is C42H49N3O7. The molecule has 2 N–H and O–H groups in total. The quantitative estimate of drug-likeness (QED) is 0.106. The first-order chi connectivity index (χ1) is 25.2. The predicted molar refractivity (Wildman–Crippen MR) is 199 cm³/mol. The van der Waals surface area contributed by atoms with Crippen LogP contribution in [0.25, 0.3) is 10.8 Å². The van der Waals surface area contributed by atoms with Crippen LogP contribution in [0.2, 0.25) is 0 Å². The molecule has 3 aliphatic heterocycles. The van der Waals surface area contributed by atoms with Crippen LogP contribution in [-0.4, -0.2) is 77.2 Å². The molecule has 0 unspecified atom stereocenters. The van der Waals surface area contributed by atoms with Crippen LogP contribution in [0.5, 0.6) is 0 Å². The number of nitrogens with one attached hydrogen (secondary N) is 1. The molecule has 0 aliphatic carbocycles. The average Bonchev–Trinajstić information content (AvgIpc) is 3.80. The first-order valence-corrected chi connectivity index (χ1v) is 18.4. The molecule has 3 aliphatic rings. The van der Waals surface area contributed by atoms with Gasteiger partial charge in [-0.3, -0.25) is 19.2 Å². The van der Waals surface area contributed by atoms with Crippen molar-refractivity contribution in [2.24, 2.45) is 11.8 Å². The van der Waals surface area contributed by atoms with Crippen molar-refractivity contribution in [3.63, 3.8) is 0 Å². The van der Waals surface area contributed by atoms with Crippen LogP contribution in [-0.2, 0) is 28.7 Å². The van der Waals surface area contributed by atoms with Gasteiger partial charge < -0.3 is 29.7 Å². The number of fused-ring (bicyclic) bond motifs is 2. The summed E-state index contributed by atoms with van der Waals surface area (Å²) in [4.78, 5) is 59.9. The van der Waals surface area contributed by atoms with E-state index in [1.165, 1.54) is 0 Å². The molecule has 1 spiro atoms. The number of allylic oxidation sites excluding steroid dienone is 1. The van der Waals surface area contributed by atoms with Crippen molar-refractivity contribution in [2.45, 2.75) is 81.8 Å². The molecule has 52 heavy (non-hydrogen) atoms. The van der Waals surface area contributed by atoms with Gasteiger partial charge in [0.25, 0.3) is 5.91 Å². The number of carbonyl (C=O) groups excluding carboxylic acids is 4. The minimum Gasteiger partial charge on any atom is -0.455 e. The first-order valence-electron chi connectivity index (χ1n) is 18.4. The number of likely N-dealkylation sites (tertiary alicyclic amines) is 1. The molecule has 3 amide bonds. The Labute approximate surface area is 305 Å². The third kappa shape index (κ3) is 7.14. The topological polar surface area (TPSA) is 125 Å². The third-order valence-corrected chi connectivity index (χ3v) is 10.8. The number of aliphatic hydroxyl groups excluding tert-OH is 1. The normalized spacial score (nSPS) is 24.3. The maximum Gasteiger partial charge on any atom is 0.313 e. The second-order valence-electron chi connectivity index (χ2n) is 14.1. The Morgan fingerprint density at radius 2 is 1.79 bits per heavy atom. The van der Waals surface area contributed by atoms with Gasteiger partial charge in [-0.05, 0) is 73.9 Å². The van der Waals surface area contributed by atoms with Gasteiger partial charge in [0.15, 0.2) is 0 Å². The van der Waals surface area contributed by atoms with E-state index in [1.54, 1.807) is 28.9 Å². The smallest absolute Gasteiger partial charge is 0.313 e. The molecule has 2 bridgehead atoms. The number of carbonyl (C=O) groups is 4. The number of anilines is 1. The van der Waals surface area contributed by atoms with Gasteiger partial charge >= 0.3 is 5.97 Å². The van der Waals surface area contributed by atoms with E-state index in [2.05, 4.69) is 18.5 Å². The molecule has 0 saturated carbocycles. The number of amides is 3. The van der Waals surface area contributed by atoms with Crippen LogP contribution in [0.3, 0.4) is 0 Å². The number of ether oxygens (including phenoxy) is 2. The van der Waals surface area contributed by atoms with Crippen LogP contribution in [0.15, 0.2) is 98.1 Å². The summed E-state index contributed by atoms with van der Waals surface area (Å²) in [5.74, 6) is -3.21. The minimum absolute atomic E-state index is 0.0341. The third-order valence-electron chi connectivity index (χ3n) is 10.8. The van der Waals surface area contributed by atoms with Crippen molar-refractivity contribution >= 4 is 40.2 Å². The highest BCUT2D eigenvalue weighted by atomic mass is 16.6. The molecule has 3 heterocycles. The molecule has 274 valence electrons. The Bertz CT molecular complexity index is 1800. The van der Waals surface area contributed by atoms with E-state index >= 15 is 0 Å². The van der Waals surface area contributed by atoms with Gasteiger partial charge in [-0.15, -0.1) is 13.2 Å². The number of hydrogen-bond donors (Lipinski definition) is 2. The summed E-state index contributed by atoms with van der Waals surface area (Å²) in [6, 6.07) is 21.4. The number of nitrogens with zero attached hydrogens (tertiary/aromatic N) is 2. The van der Waals surface area contributed by atoms with Crippen molar-refractivity contribution in [2.75, 3.05) is 24.6 Å². The fraction of sp³-hybridized carbons (Fsp3) is 0.429. The predicted octanol–water partition coefficient (Wildman–Crippen LogP) is 5.65. The van der Waals surface area contributed by atoms with Crippen molar-refractivity contribution in [1.29, 1.82) is 0 Å². The van der Waals surface area contributed by atoms with Crippen molar-refractivity contribution in [1.82, 2.24) is 10.2 Å². The van der Waals surface area contributed by atoms with E-state index < -0.39 is 47.7 Å². The van der Waals surface area contributed by atoms with Gasteiger partial charge in [-0.25, -0.2) is 0 Å². The Kier molecular flexibility index (Phi) is 11.6. The Morgan fingerprint density at radius 1 is 1.04 bits per heavy atom. The Hall–Kier alpha value is -4.80. The van der Waals surface area contributed by atoms with E-state index in [4.69, 9.17) is 9.47 Å². The van der Waals surface area contributed by atoms with Gasteiger partial charge in [-0.1, -0.05) is 72.8 Å². The SMILES string of the molecule is C=CCCC(=O)N[C@@H](C)[C@H](OC(=O)[C@@H]1[C@@H]2CC[C@]3(O2)[C@H](C(=O)N(CC=C)c2ccc4ccccc4c2)N(CCCCCO)C(=O)[C@@H]13)c1ccccc1. The van der Waals surface area contributed by atoms with E-state index in [0.29, 0.717) is 49.8 Å². The Morgan fingerprint density at radius 3 is 2.52 bits per heavy atom. The lowest BCUT2D eigenvalue weighted by atomic mass is 9.70. The average molecular weight is 708 g/mol. The number of hydrogen-bond acceptors (Lipinski definition) is 7. The van der Waals surface area contributed by atoms with Crippen molar-refractivity contribution < 1.29 is 33.8 Å². The van der Waals surface area contributed by atoms with Gasteiger partial charge in [-0.2, -0.15) is 0 Å². The lowest BCUT2D eigenvalue weighted by Gasteiger charge is -2.37. The van der Waals surface area contributed by atoms with E-state index in [-0.39, 0.29) is 43.8 Å². The number of aliphatic hydroxyl groups is 1. The molecule has 3 aromatic rings. The highest BCUT2D eigenvalue weighted by Gasteiger charge is 2.75. The summed E-state index contributed by atoms with van der Waals surface area (Å²) >= 11 is 0. The lowest BCUT2D eigenvalue weighted by Crippen LogP contribution is -2.56. The first kappa shape index (κ1) is 37.0. The zero-order chi connectivity index (χ0) is 36.8. The highest BCUT2D eigenvalue weighted by molar-refractivity contribution is 6.05. The minimum atomic E-state index is -1.22. The fourth-order valence-electron chi connectivity index (χ4n) is 8.40. The molecule has 3 aromatic carbocycles. The van der Waals surface area contributed by atoms with E-state index in [1.807, 2.05) is 72.8 Å². The Balaban J connectivity index is 1.32. The summed E-state index contributed by atoms with van der Waals surface area (Å²) < 4.78 is 13.0.